The van der Waals surface area contributed by atoms with Crippen LogP contribution in [0.25, 0.3) is 0 Å². The van der Waals surface area contributed by atoms with Gasteiger partial charge in [-0.2, -0.15) is 0 Å². The number of aliphatic hydroxyl groups is 1. The molecule has 0 bridgehead atoms. The largest absolute Gasteiger partial charge is 0.396 e. The van der Waals surface area contributed by atoms with Gasteiger partial charge in [0, 0.05) is 5.92 Å². The van der Waals surface area contributed by atoms with Crippen molar-refractivity contribution >= 4 is 29.1 Å². The molecule has 4 N–H and O–H groups in total. The molecule has 0 radical (unpaired) electrons. The SMILES string of the molecule is O=C1Nc2ccccc2NC(=O)C1NC(=O)[C@H](c1ccc(F)cc1)[C@@H](CO)c1ccc(F)c(F)c1. The predicted octanol–water partition coefficient (Wildman–Crippen LogP) is 3.04. The Labute approximate surface area is 198 Å². The highest BCUT2D eigenvalue weighted by atomic mass is 19.2. The van der Waals surface area contributed by atoms with Gasteiger partial charge in [0.15, 0.2) is 17.7 Å². The third kappa shape index (κ3) is 5.02. The minimum absolute atomic E-state index is 0.0954. The number of hydrogen-bond donors (Lipinski definition) is 4. The van der Waals surface area contributed by atoms with E-state index in [0.717, 1.165) is 24.3 Å². The highest BCUT2D eigenvalue weighted by Crippen LogP contribution is 2.34. The van der Waals surface area contributed by atoms with Gasteiger partial charge in [-0.25, -0.2) is 13.2 Å². The highest BCUT2D eigenvalue weighted by Gasteiger charge is 2.37. The number of carbonyl (C=O) groups excluding carboxylic acids is 3. The Morgan fingerprint density at radius 1 is 0.857 bits per heavy atom. The highest BCUT2D eigenvalue weighted by molar-refractivity contribution is 6.19. The van der Waals surface area contributed by atoms with Crippen molar-refractivity contribution in [2.24, 2.45) is 0 Å². The van der Waals surface area contributed by atoms with Gasteiger partial charge >= 0.3 is 0 Å². The van der Waals surface area contributed by atoms with Crippen molar-refractivity contribution in [3.05, 3.63) is 95.3 Å². The number of anilines is 2. The molecule has 3 aromatic carbocycles. The normalized spacial score (nSPS) is 15.3. The smallest absolute Gasteiger partial charge is 0.256 e. The molecule has 0 unspecified atom stereocenters. The van der Waals surface area contributed by atoms with E-state index in [1.54, 1.807) is 24.3 Å². The summed E-state index contributed by atoms with van der Waals surface area (Å²) in [6.07, 6.45) is 0. The van der Waals surface area contributed by atoms with Crippen LogP contribution >= 0.6 is 0 Å². The minimum atomic E-state index is -1.64. The first-order valence-corrected chi connectivity index (χ1v) is 10.6. The van der Waals surface area contributed by atoms with Gasteiger partial charge in [0.2, 0.25) is 5.91 Å². The quantitative estimate of drug-likeness (QED) is 0.405. The van der Waals surface area contributed by atoms with Crippen LogP contribution in [0.4, 0.5) is 24.5 Å². The van der Waals surface area contributed by atoms with Gasteiger partial charge in [-0.1, -0.05) is 30.3 Å². The zero-order valence-corrected chi connectivity index (χ0v) is 18.1. The second kappa shape index (κ2) is 9.98. The lowest BCUT2D eigenvalue weighted by molar-refractivity contribution is -0.133. The fraction of sp³-hybridized carbons (Fsp3) is 0.160. The Morgan fingerprint density at radius 3 is 1.97 bits per heavy atom. The third-order valence-electron chi connectivity index (χ3n) is 5.74. The topological polar surface area (TPSA) is 108 Å². The predicted molar refractivity (Wildman–Crippen MR) is 121 cm³/mol. The van der Waals surface area contributed by atoms with Gasteiger partial charge in [-0.05, 0) is 47.5 Å². The van der Waals surface area contributed by atoms with Crippen LogP contribution in [0.15, 0.2) is 66.7 Å². The number of amides is 3. The molecule has 35 heavy (non-hydrogen) atoms. The van der Waals surface area contributed by atoms with E-state index in [4.69, 9.17) is 0 Å². The van der Waals surface area contributed by atoms with E-state index in [9.17, 15) is 32.7 Å². The van der Waals surface area contributed by atoms with Crippen LogP contribution in [-0.2, 0) is 14.4 Å². The molecule has 10 heteroatoms. The molecular weight excluding hydrogens is 463 g/mol. The molecule has 2 atom stereocenters. The van der Waals surface area contributed by atoms with Crippen LogP contribution in [-0.4, -0.2) is 35.5 Å². The summed E-state index contributed by atoms with van der Waals surface area (Å²) in [7, 11) is 0. The van der Waals surface area contributed by atoms with Gasteiger partial charge in [0.1, 0.15) is 5.82 Å². The maximum absolute atomic E-state index is 13.9. The molecular formula is C25H20F3N3O4. The first-order valence-electron chi connectivity index (χ1n) is 10.6. The van der Waals surface area contributed by atoms with E-state index in [0.29, 0.717) is 11.4 Å². The molecule has 0 saturated heterocycles. The average Bonchev–Trinajstić information content (AvgIpc) is 2.95. The lowest BCUT2D eigenvalue weighted by atomic mass is 9.81. The third-order valence-corrected chi connectivity index (χ3v) is 5.74. The molecule has 1 heterocycles. The molecule has 0 spiro atoms. The molecule has 0 aliphatic carbocycles. The van der Waals surface area contributed by atoms with Gasteiger partial charge in [-0.15, -0.1) is 0 Å². The second-order valence-corrected chi connectivity index (χ2v) is 7.96. The van der Waals surface area contributed by atoms with Crippen molar-refractivity contribution < 1.29 is 32.7 Å². The summed E-state index contributed by atoms with van der Waals surface area (Å²) in [4.78, 5) is 38.9. The molecule has 3 amide bonds. The van der Waals surface area contributed by atoms with Gasteiger partial charge < -0.3 is 21.1 Å². The molecule has 3 aromatic rings. The lowest BCUT2D eigenvalue weighted by Crippen LogP contribution is -2.52. The number of halogens is 3. The fourth-order valence-electron chi connectivity index (χ4n) is 3.98. The minimum Gasteiger partial charge on any atom is -0.396 e. The van der Waals surface area contributed by atoms with Crippen LogP contribution in [0, 0.1) is 17.5 Å². The number of benzene rings is 3. The van der Waals surface area contributed by atoms with E-state index in [1.807, 2.05) is 0 Å². The number of fused-ring (bicyclic) bond motifs is 1. The van der Waals surface area contributed by atoms with Crippen LogP contribution in [0.5, 0.6) is 0 Å². The van der Waals surface area contributed by atoms with Crippen molar-refractivity contribution in [2.75, 3.05) is 17.2 Å². The molecule has 0 saturated carbocycles. The molecule has 0 fully saturated rings. The van der Waals surface area contributed by atoms with Crippen LogP contribution in [0.1, 0.15) is 23.0 Å². The van der Waals surface area contributed by atoms with E-state index >= 15 is 0 Å². The number of aliphatic hydroxyl groups excluding tert-OH is 1. The summed E-state index contributed by atoms with van der Waals surface area (Å²) in [5.41, 5.74) is 1.00. The van der Waals surface area contributed by atoms with Crippen molar-refractivity contribution in [3.8, 4) is 0 Å². The molecule has 1 aliphatic rings. The zero-order valence-electron chi connectivity index (χ0n) is 18.1. The second-order valence-electron chi connectivity index (χ2n) is 7.96. The molecule has 4 rings (SSSR count). The Kier molecular flexibility index (Phi) is 6.83. The average molecular weight is 483 g/mol. The summed E-state index contributed by atoms with van der Waals surface area (Å²) in [5.74, 6) is -7.72. The fourth-order valence-corrected chi connectivity index (χ4v) is 3.98. The number of carbonyl (C=O) groups is 3. The summed E-state index contributed by atoms with van der Waals surface area (Å²) < 4.78 is 41.0. The number of para-hydroxylation sites is 2. The number of rotatable bonds is 6. The summed E-state index contributed by atoms with van der Waals surface area (Å²) >= 11 is 0. The van der Waals surface area contributed by atoms with Crippen molar-refractivity contribution in [3.63, 3.8) is 0 Å². The van der Waals surface area contributed by atoms with Crippen molar-refractivity contribution in [1.82, 2.24) is 5.32 Å². The standard InChI is InChI=1S/C25H20F3N3O4/c26-15-8-5-13(6-9-15)21(16(12-32)14-7-10-17(27)18(28)11-14)23(33)31-22-24(34)29-19-3-1-2-4-20(19)30-25(22)35/h1-11,16,21-22,32H,12H2,(H,29,34)(H,30,35)(H,31,33)/t16-,21+/m0/s1. The molecule has 1 aliphatic heterocycles. The summed E-state index contributed by atoms with van der Waals surface area (Å²) in [6.45, 7) is -0.672. The molecule has 180 valence electrons. The number of nitrogens with one attached hydrogen (secondary N) is 3. The maximum atomic E-state index is 13.9. The summed E-state index contributed by atoms with van der Waals surface area (Å²) in [5, 5.41) is 17.6. The first-order chi connectivity index (χ1) is 16.8. The Morgan fingerprint density at radius 2 is 1.43 bits per heavy atom. The Hall–Kier alpha value is -4.18. The lowest BCUT2D eigenvalue weighted by Gasteiger charge is -2.27. The summed E-state index contributed by atoms with van der Waals surface area (Å²) in [6, 6.07) is 12.5. The van der Waals surface area contributed by atoms with E-state index in [-0.39, 0.29) is 11.1 Å². The van der Waals surface area contributed by atoms with Gasteiger partial charge in [-0.3, -0.25) is 14.4 Å². The van der Waals surface area contributed by atoms with Crippen molar-refractivity contribution in [2.45, 2.75) is 17.9 Å². The van der Waals surface area contributed by atoms with Crippen LogP contribution < -0.4 is 16.0 Å². The van der Waals surface area contributed by atoms with Gasteiger partial charge in [0.05, 0.1) is 23.9 Å². The van der Waals surface area contributed by atoms with Crippen LogP contribution in [0.2, 0.25) is 0 Å². The van der Waals surface area contributed by atoms with Gasteiger partial charge in [0.25, 0.3) is 11.8 Å². The number of hydrogen-bond acceptors (Lipinski definition) is 4. The first kappa shape index (κ1) is 24.0. The Bertz CT molecular complexity index is 1250. The molecule has 0 aromatic heterocycles. The monoisotopic (exact) mass is 483 g/mol. The maximum Gasteiger partial charge on any atom is 0.256 e. The van der Waals surface area contributed by atoms with E-state index in [1.165, 1.54) is 18.2 Å². The van der Waals surface area contributed by atoms with Crippen LogP contribution in [0.3, 0.4) is 0 Å². The zero-order chi connectivity index (χ0) is 25.1. The molecule has 7 nitrogen and oxygen atoms in total. The van der Waals surface area contributed by atoms with Crippen molar-refractivity contribution in [1.29, 1.82) is 0 Å². The Balaban J connectivity index is 1.68. The van der Waals surface area contributed by atoms with E-state index in [2.05, 4.69) is 16.0 Å². The van der Waals surface area contributed by atoms with E-state index < -0.39 is 59.7 Å².